The van der Waals surface area contributed by atoms with E-state index >= 15 is 0 Å². The fourth-order valence-electron chi connectivity index (χ4n) is 3.51. The molecule has 2 aliphatic rings. The number of carbonyl (C=O) groups is 2. The molecule has 1 aliphatic heterocycles. The zero-order valence-corrected chi connectivity index (χ0v) is 12.7. The first-order chi connectivity index (χ1) is 9.78. The van der Waals surface area contributed by atoms with Crippen LogP contribution in [0.5, 0.6) is 0 Å². The number of aliphatic hydroxyl groups excluding tert-OH is 1. The standard InChI is InChI=1S/C17H21NO3/c1-16(2)12(9-13(16)19)18-14(20)10-17(3,15(18)21)11-7-5-4-6-8-11/h4-8,12-13,19H,9-10H2,1-3H3. The van der Waals surface area contributed by atoms with Gasteiger partial charge < -0.3 is 5.11 Å². The van der Waals surface area contributed by atoms with Crippen molar-refractivity contribution in [2.24, 2.45) is 5.41 Å². The molecule has 1 aromatic rings. The molecule has 0 spiro atoms. The molecule has 0 aromatic heterocycles. The Morgan fingerprint density at radius 2 is 1.76 bits per heavy atom. The lowest BCUT2D eigenvalue weighted by atomic mass is 9.64. The molecule has 112 valence electrons. The van der Waals surface area contributed by atoms with Crippen LogP contribution in [0.3, 0.4) is 0 Å². The van der Waals surface area contributed by atoms with Crippen molar-refractivity contribution in [3.63, 3.8) is 0 Å². The van der Waals surface area contributed by atoms with Gasteiger partial charge in [-0.25, -0.2) is 0 Å². The molecule has 1 N–H and O–H groups in total. The summed E-state index contributed by atoms with van der Waals surface area (Å²) in [7, 11) is 0. The molecule has 2 fully saturated rings. The monoisotopic (exact) mass is 287 g/mol. The van der Waals surface area contributed by atoms with Gasteiger partial charge in [-0.1, -0.05) is 44.2 Å². The number of benzene rings is 1. The molecule has 1 heterocycles. The Labute approximate surface area is 124 Å². The number of likely N-dealkylation sites (tertiary alicyclic amines) is 1. The summed E-state index contributed by atoms with van der Waals surface area (Å²) >= 11 is 0. The smallest absolute Gasteiger partial charge is 0.240 e. The summed E-state index contributed by atoms with van der Waals surface area (Å²) in [6.45, 7) is 5.65. The Hall–Kier alpha value is -1.68. The molecular formula is C17H21NO3. The number of aliphatic hydroxyl groups is 1. The highest BCUT2D eigenvalue weighted by molar-refractivity contribution is 6.09. The fraction of sp³-hybridized carbons (Fsp3) is 0.529. The summed E-state index contributed by atoms with van der Waals surface area (Å²) in [6.07, 6.45) is 0.236. The highest BCUT2D eigenvalue weighted by atomic mass is 16.3. The Morgan fingerprint density at radius 3 is 2.29 bits per heavy atom. The van der Waals surface area contributed by atoms with Crippen molar-refractivity contribution in [1.82, 2.24) is 4.90 Å². The van der Waals surface area contributed by atoms with Crippen molar-refractivity contribution in [3.8, 4) is 0 Å². The van der Waals surface area contributed by atoms with Gasteiger partial charge in [-0.2, -0.15) is 0 Å². The van der Waals surface area contributed by atoms with E-state index in [-0.39, 0.29) is 24.3 Å². The van der Waals surface area contributed by atoms with Gasteiger partial charge in [0.1, 0.15) is 0 Å². The van der Waals surface area contributed by atoms with Gasteiger partial charge in [0.2, 0.25) is 11.8 Å². The minimum atomic E-state index is -0.783. The number of hydrogen-bond acceptors (Lipinski definition) is 3. The molecule has 4 nitrogen and oxygen atoms in total. The first-order valence-corrected chi connectivity index (χ1v) is 7.38. The van der Waals surface area contributed by atoms with Gasteiger partial charge in [0.25, 0.3) is 0 Å². The van der Waals surface area contributed by atoms with E-state index in [1.807, 2.05) is 51.1 Å². The van der Waals surface area contributed by atoms with Crippen molar-refractivity contribution >= 4 is 11.8 Å². The van der Waals surface area contributed by atoms with Crippen LogP contribution in [0, 0.1) is 5.41 Å². The second-order valence-corrected chi connectivity index (χ2v) is 7.03. The Bertz CT molecular complexity index is 595. The van der Waals surface area contributed by atoms with E-state index in [9.17, 15) is 14.7 Å². The molecule has 3 unspecified atom stereocenters. The molecule has 3 rings (SSSR count). The van der Waals surface area contributed by atoms with E-state index in [1.165, 1.54) is 4.90 Å². The van der Waals surface area contributed by atoms with E-state index < -0.39 is 16.9 Å². The van der Waals surface area contributed by atoms with Crippen molar-refractivity contribution in [1.29, 1.82) is 0 Å². The topological polar surface area (TPSA) is 57.6 Å². The maximum Gasteiger partial charge on any atom is 0.240 e. The first kappa shape index (κ1) is 14.3. The van der Waals surface area contributed by atoms with Crippen LogP contribution in [0.15, 0.2) is 30.3 Å². The Kier molecular flexibility index (Phi) is 2.99. The van der Waals surface area contributed by atoms with E-state index in [1.54, 1.807) is 0 Å². The first-order valence-electron chi connectivity index (χ1n) is 7.38. The van der Waals surface area contributed by atoms with Crippen LogP contribution in [0.1, 0.15) is 39.2 Å². The SMILES string of the molecule is CC1(c2ccccc2)CC(=O)N(C2CC(O)C2(C)C)C1=O. The molecule has 1 saturated carbocycles. The minimum Gasteiger partial charge on any atom is -0.392 e. The quantitative estimate of drug-likeness (QED) is 0.845. The number of nitrogens with zero attached hydrogens (tertiary/aromatic N) is 1. The zero-order chi connectivity index (χ0) is 15.4. The summed E-state index contributed by atoms with van der Waals surface area (Å²) in [5, 5.41) is 9.88. The van der Waals surface area contributed by atoms with E-state index in [2.05, 4.69) is 0 Å². The minimum absolute atomic E-state index is 0.128. The highest BCUT2D eigenvalue weighted by Crippen LogP contribution is 2.48. The summed E-state index contributed by atoms with van der Waals surface area (Å²) in [4.78, 5) is 26.7. The van der Waals surface area contributed by atoms with Crippen molar-refractivity contribution < 1.29 is 14.7 Å². The van der Waals surface area contributed by atoms with Gasteiger partial charge >= 0.3 is 0 Å². The number of imide groups is 1. The molecule has 4 heteroatoms. The second kappa shape index (κ2) is 4.41. The molecule has 2 amide bonds. The highest BCUT2D eigenvalue weighted by Gasteiger charge is 2.59. The molecule has 1 aliphatic carbocycles. The molecule has 21 heavy (non-hydrogen) atoms. The van der Waals surface area contributed by atoms with Gasteiger partial charge in [-0.3, -0.25) is 14.5 Å². The largest absolute Gasteiger partial charge is 0.392 e. The molecule has 1 saturated heterocycles. The Morgan fingerprint density at radius 1 is 1.14 bits per heavy atom. The average molecular weight is 287 g/mol. The second-order valence-electron chi connectivity index (χ2n) is 7.03. The van der Waals surface area contributed by atoms with Gasteiger partial charge in [0.15, 0.2) is 0 Å². The van der Waals surface area contributed by atoms with Crippen molar-refractivity contribution in [3.05, 3.63) is 35.9 Å². The van der Waals surface area contributed by atoms with Crippen LogP contribution < -0.4 is 0 Å². The maximum absolute atomic E-state index is 12.9. The Balaban J connectivity index is 1.94. The summed E-state index contributed by atoms with van der Waals surface area (Å²) < 4.78 is 0. The molecule has 3 atom stereocenters. The number of carbonyl (C=O) groups excluding carboxylic acids is 2. The summed E-state index contributed by atoms with van der Waals surface area (Å²) in [5.74, 6) is -0.264. The third-order valence-electron chi connectivity index (χ3n) is 5.35. The van der Waals surface area contributed by atoms with Gasteiger partial charge in [0.05, 0.1) is 11.5 Å². The van der Waals surface area contributed by atoms with Crippen LogP contribution in [0.4, 0.5) is 0 Å². The summed E-state index contributed by atoms with van der Waals surface area (Å²) in [5.41, 5.74) is -0.328. The average Bonchev–Trinajstić information content (AvgIpc) is 2.69. The number of hydrogen-bond donors (Lipinski definition) is 1. The third-order valence-corrected chi connectivity index (χ3v) is 5.35. The molecule has 1 aromatic carbocycles. The fourth-order valence-corrected chi connectivity index (χ4v) is 3.51. The van der Waals surface area contributed by atoms with E-state index in [0.717, 1.165) is 5.56 Å². The number of rotatable bonds is 2. The van der Waals surface area contributed by atoms with E-state index in [0.29, 0.717) is 6.42 Å². The van der Waals surface area contributed by atoms with Gasteiger partial charge in [-0.05, 0) is 18.9 Å². The van der Waals surface area contributed by atoms with Crippen LogP contribution >= 0.6 is 0 Å². The lowest BCUT2D eigenvalue weighted by Gasteiger charge is -2.52. The van der Waals surface area contributed by atoms with Crippen molar-refractivity contribution in [2.75, 3.05) is 0 Å². The van der Waals surface area contributed by atoms with Crippen LogP contribution in [0.2, 0.25) is 0 Å². The van der Waals surface area contributed by atoms with E-state index in [4.69, 9.17) is 0 Å². The molecular weight excluding hydrogens is 266 g/mol. The molecule has 0 radical (unpaired) electrons. The predicted octanol–water partition coefficient (Wildman–Crippen LogP) is 1.86. The predicted molar refractivity (Wildman–Crippen MR) is 78.5 cm³/mol. The van der Waals surface area contributed by atoms with Crippen molar-refractivity contribution in [2.45, 2.75) is 51.2 Å². The van der Waals surface area contributed by atoms with Crippen LogP contribution in [-0.2, 0) is 15.0 Å². The zero-order valence-electron chi connectivity index (χ0n) is 12.7. The lowest BCUT2D eigenvalue weighted by Crippen LogP contribution is -2.63. The normalized spacial score (nSPS) is 35.0. The van der Waals surface area contributed by atoms with Gasteiger partial charge in [0, 0.05) is 17.9 Å². The van der Waals surface area contributed by atoms with Gasteiger partial charge in [-0.15, -0.1) is 0 Å². The third kappa shape index (κ3) is 1.85. The number of amides is 2. The lowest BCUT2D eigenvalue weighted by molar-refractivity contribution is -0.163. The van der Waals surface area contributed by atoms with Crippen LogP contribution in [0.25, 0.3) is 0 Å². The maximum atomic E-state index is 12.9. The summed E-state index contributed by atoms with van der Waals surface area (Å²) in [6, 6.07) is 9.27. The molecule has 0 bridgehead atoms. The van der Waals surface area contributed by atoms with Crippen LogP contribution in [-0.4, -0.2) is 34.0 Å².